The Balaban J connectivity index is 2.41. The number of hydrogen-bond donors (Lipinski definition) is 0. The summed E-state index contributed by atoms with van der Waals surface area (Å²) in [5.41, 5.74) is -4.18. The van der Waals surface area contributed by atoms with E-state index in [0.717, 1.165) is 0 Å². The zero-order valence-corrected chi connectivity index (χ0v) is 8.92. The molecule has 1 fully saturated rings. The molecule has 0 aromatic rings. The van der Waals surface area contributed by atoms with Crippen LogP contribution < -0.4 is 0 Å². The van der Waals surface area contributed by atoms with Crippen molar-refractivity contribution in [3.8, 4) is 0 Å². The molecule has 0 spiro atoms. The van der Waals surface area contributed by atoms with E-state index < -0.39 is 16.4 Å². The number of allylic oxidation sites excluding steroid dienone is 1. The van der Waals surface area contributed by atoms with E-state index in [1.54, 1.807) is 0 Å². The van der Waals surface area contributed by atoms with E-state index >= 15 is 0 Å². The van der Waals surface area contributed by atoms with Crippen LogP contribution in [0.2, 0.25) is 0 Å². The standard InChI is InChI=1S/C7H6ClF3N2OS/c8-6-5-4(2-1-3-14-5)12-15(13-6)7(9,10)11/h1-3H2. The maximum atomic E-state index is 12.4. The van der Waals surface area contributed by atoms with Crippen molar-refractivity contribution in [2.24, 2.45) is 8.76 Å². The van der Waals surface area contributed by atoms with Gasteiger partial charge in [-0.2, -0.15) is 21.9 Å². The van der Waals surface area contributed by atoms with Crippen molar-refractivity contribution >= 4 is 28.2 Å². The van der Waals surface area contributed by atoms with Gasteiger partial charge in [-0.1, -0.05) is 11.6 Å². The third kappa shape index (κ3) is 2.17. The van der Waals surface area contributed by atoms with Gasteiger partial charge in [0.2, 0.25) is 0 Å². The topological polar surface area (TPSA) is 34.0 Å². The zero-order valence-electron chi connectivity index (χ0n) is 7.34. The van der Waals surface area contributed by atoms with Gasteiger partial charge in [0.1, 0.15) is 10.9 Å². The zero-order chi connectivity index (χ0) is 11.1. The van der Waals surface area contributed by atoms with Crippen molar-refractivity contribution < 1.29 is 17.9 Å². The first kappa shape index (κ1) is 10.9. The molecule has 84 valence electrons. The minimum Gasteiger partial charge on any atom is -0.488 e. The monoisotopic (exact) mass is 258 g/mol. The SMILES string of the molecule is FC(F)(F)S1=NC(Cl)=C2OCCCC2=N1. The molecule has 0 bridgehead atoms. The van der Waals surface area contributed by atoms with Gasteiger partial charge in [-0.05, 0) is 12.8 Å². The lowest BCUT2D eigenvalue weighted by Gasteiger charge is -2.22. The molecule has 2 aliphatic heterocycles. The molecule has 2 aliphatic rings. The first-order valence-electron chi connectivity index (χ1n) is 4.12. The van der Waals surface area contributed by atoms with Crippen LogP contribution in [0.1, 0.15) is 12.8 Å². The van der Waals surface area contributed by atoms with Crippen LogP contribution in [0, 0.1) is 0 Å². The van der Waals surface area contributed by atoms with Gasteiger partial charge in [0.25, 0.3) is 0 Å². The summed E-state index contributed by atoms with van der Waals surface area (Å²) in [6.45, 7) is 0.444. The first-order valence-corrected chi connectivity index (χ1v) is 5.64. The third-order valence-corrected chi connectivity index (χ3v) is 3.34. The van der Waals surface area contributed by atoms with Gasteiger partial charge in [-0.25, -0.2) is 0 Å². The Kier molecular flexibility index (Phi) is 2.76. The smallest absolute Gasteiger partial charge is 0.473 e. The summed E-state index contributed by atoms with van der Waals surface area (Å²) in [4.78, 5) is 0. The number of nitrogens with zero attached hydrogens (tertiary/aromatic N) is 2. The average Bonchev–Trinajstić information content (AvgIpc) is 2.16. The molecule has 1 unspecified atom stereocenters. The van der Waals surface area contributed by atoms with Crippen LogP contribution in [0.25, 0.3) is 0 Å². The highest BCUT2D eigenvalue weighted by atomic mass is 35.5. The van der Waals surface area contributed by atoms with Crippen LogP contribution in [0.15, 0.2) is 19.7 Å². The number of alkyl halides is 3. The lowest BCUT2D eigenvalue weighted by Crippen LogP contribution is -2.23. The molecule has 3 nitrogen and oxygen atoms in total. The highest BCUT2D eigenvalue weighted by molar-refractivity contribution is 7.87. The van der Waals surface area contributed by atoms with Crippen molar-refractivity contribution in [2.45, 2.75) is 18.3 Å². The van der Waals surface area contributed by atoms with Crippen molar-refractivity contribution in [3.05, 3.63) is 10.9 Å². The van der Waals surface area contributed by atoms with E-state index in [4.69, 9.17) is 16.3 Å². The Morgan fingerprint density at radius 3 is 2.80 bits per heavy atom. The second-order valence-corrected chi connectivity index (χ2v) is 4.63. The quantitative estimate of drug-likeness (QED) is 0.615. The van der Waals surface area contributed by atoms with Gasteiger partial charge in [-0.15, -0.1) is 0 Å². The summed E-state index contributed by atoms with van der Waals surface area (Å²) >= 11 is 5.61. The number of fused-ring (bicyclic) bond motifs is 1. The van der Waals surface area contributed by atoms with Crippen LogP contribution in [0.5, 0.6) is 0 Å². The molecule has 0 saturated carbocycles. The lowest BCUT2D eigenvalue weighted by molar-refractivity contribution is -0.0356. The van der Waals surface area contributed by atoms with Crippen LogP contribution in [-0.4, -0.2) is 17.8 Å². The molecule has 0 aliphatic carbocycles. The molecule has 0 aromatic carbocycles. The number of ether oxygens (including phenoxy) is 1. The summed E-state index contributed by atoms with van der Waals surface area (Å²) in [7, 11) is -2.37. The largest absolute Gasteiger partial charge is 0.488 e. The summed E-state index contributed by atoms with van der Waals surface area (Å²) in [5, 5.41) is -0.222. The van der Waals surface area contributed by atoms with Crippen LogP contribution >= 0.6 is 11.6 Å². The summed E-state index contributed by atoms with van der Waals surface area (Å²) < 4.78 is 49.0. The normalized spacial score (nSPS) is 26.4. The molecule has 0 amide bonds. The van der Waals surface area contributed by atoms with E-state index in [1.807, 2.05) is 0 Å². The second kappa shape index (κ2) is 3.79. The number of halogens is 4. The van der Waals surface area contributed by atoms with Gasteiger partial charge in [0, 0.05) is 0 Å². The Hall–Kier alpha value is -0.560. The molecule has 1 saturated heterocycles. The van der Waals surface area contributed by atoms with Crippen molar-refractivity contribution in [1.29, 1.82) is 0 Å². The van der Waals surface area contributed by atoms with Crippen LogP contribution in [0.3, 0.4) is 0 Å². The predicted octanol–water partition coefficient (Wildman–Crippen LogP) is 2.90. The predicted molar refractivity (Wildman–Crippen MR) is 51.3 cm³/mol. The second-order valence-electron chi connectivity index (χ2n) is 2.91. The molecule has 0 radical (unpaired) electrons. The Bertz CT molecular complexity index is 388. The van der Waals surface area contributed by atoms with E-state index in [-0.39, 0.29) is 16.6 Å². The average molecular weight is 259 g/mol. The van der Waals surface area contributed by atoms with Gasteiger partial charge in [0.15, 0.2) is 10.9 Å². The number of hydrogen-bond acceptors (Lipinski definition) is 3. The van der Waals surface area contributed by atoms with E-state index in [2.05, 4.69) is 8.76 Å². The molecule has 1 atom stereocenters. The molecule has 0 N–H and O–H groups in total. The van der Waals surface area contributed by atoms with Crippen molar-refractivity contribution in [2.75, 3.05) is 6.61 Å². The fourth-order valence-corrected chi connectivity index (χ4v) is 2.45. The van der Waals surface area contributed by atoms with E-state index in [1.165, 1.54) is 0 Å². The molecular weight excluding hydrogens is 253 g/mol. The minimum atomic E-state index is -4.46. The summed E-state index contributed by atoms with van der Waals surface area (Å²) in [6, 6.07) is 0. The van der Waals surface area contributed by atoms with Gasteiger partial charge in [0.05, 0.1) is 12.3 Å². The van der Waals surface area contributed by atoms with Crippen LogP contribution in [0.4, 0.5) is 13.2 Å². The fourth-order valence-electron chi connectivity index (χ4n) is 1.22. The number of rotatable bonds is 0. The highest BCUT2D eigenvalue weighted by Crippen LogP contribution is 2.32. The van der Waals surface area contributed by atoms with E-state index in [0.29, 0.717) is 19.4 Å². The molecule has 8 heteroatoms. The maximum Gasteiger partial charge on any atom is 0.473 e. The Morgan fingerprint density at radius 2 is 2.13 bits per heavy atom. The molecular formula is C7H6ClF3N2OS. The summed E-state index contributed by atoms with van der Waals surface area (Å²) in [5.74, 6) is 0.205. The van der Waals surface area contributed by atoms with Gasteiger partial charge >= 0.3 is 5.51 Å². The lowest BCUT2D eigenvalue weighted by atomic mass is 10.1. The maximum absolute atomic E-state index is 12.4. The molecule has 0 aromatic heterocycles. The van der Waals surface area contributed by atoms with Crippen LogP contribution in [-0.2, 0) is 15.6 Å². The third-order valence-electron chi connectivity index (χ3n) is 1.82. The first-order chi connectivity index (χ1) is 6.98. The summed E-state index contributed by atoms with van der Waals surface area (Å²) in [6.07, 6.45) is 1.11. The molecule has 15 heavy (non-hydrogen) atoms. The van der Waals surface area contributed by atoms with Gasteiger partial charge in [-0.3, -0.25) is 0 Å². The van der Waals surface area contributed by atoms with Gasteiger partial charge < -0.3 is 4.74 Å². The molecule has 2 heterocycles. The molecule has 2 rings (SSSR count). The Morgan fingerprint density at radius 1 is 1.40 bits per heavy atom. The highest BCUT2D eigenvalue weighted by Gasteiger charge is 2.38. The van der Waals surface area contributed by atoms with E-state index in [9.17, 15) is 13.2 Å². The Labute approximate surface area is 91.2 Å². The van der Waals surface area contributed by atoms with Crippen molar-refractivity contribution in [1.82, 2.24) is 0 Å². The minimum absolute atomic E-state index is 0.205. The van der Waals surface area contributed by atoms with Crippen molar-refractivity contribution in [3.63, 3.8) is 0 Å². The fraction of sp³-hybridized carbons (Fsp3) is 0.571.